The second-order valence-corrected chi connectivity index (χ2v) is 5.99. The minimum atomic E-state index is 0.150. The van der Waals surface area contributed by atoms with Gasteiger partial charge in [0.2, 0.25) is 0 Å². The maximum Gasteiger partial charge on any atom is 0.162 e. The van der Waals surface area contributed by atoms with Gasteiger partial charge in [0.15, 0.2) is 5.78 Å². The zero-order chi connectivity index (χ0) is 16.8. The first-order valence-corrected chi connectivity index (χ1v) is 8.05. The van der Waals surface area contributed by atoms with E-state index in [0.717, 1.165) is 44.2 Å². The standard InChI is InChI=1S/C20H18N2O2/c1-4-18(23)14-9-17-19-15(11-22(17)10-12(14)2)20(24-3)13-7-5-6-8-16(13)21-19/h5-11H,4H2,1-3H3. The fraction of sp³-hybridized carbons (Fsp3) is 0.200. The number of methoxy groups -OCH3 is 1. The predicted octanol–water partition coefficient (Wildman–Crippen LogP) is 4.55. The molecule has 4 nitrogen and oxygen atoms in total. The summed E-state index contributed by atoms with van der Waals surface area (Å²) >= 11 is 0. The normalized spacial score (nSPS) is 11.5. The number of ketones is 1. The number of benzene rings is 1. The van der Waals surface area contributed by atoms with Crippen molar-refractivity contribution in [2.24, 2.45) is 0 Å². The van der Waals surface area contributed by atoms with Crippen molar-refractivity contribution in [2.75, 3.05) is 7.11 Å². The smallest absolute Gasteiger partial charge is 0.162 e. The van der Waals surface area contributed by atoms with Crippen LogP contribution < -0.4 is 4.74 Å². The molecule has 0 atom stereocenters. The third-order valence-corrected chi connectivity index (χ3v) is 4.53. The average Bonchev–Trinajstić information content (AvgIpc) is 2.95. The van der Waals surface area contributed by atoms with E-state index in [-0.39, 0.29) is 5.78 Å². The topological polar surface area (TPSA) is 43.6 Å². The highest BCUT2D eigenvalue weighted by Gasteiger charge is 2.16. The van der Waals surface area contributed by atoms with Gasteiger partial charge >= 0.3 is 0 Å². The van der Waals surface area contributed by atoms with Gasteiger partial charge in [0.25, 0.3) is 0 Å². The fourth-order valence-corrected chi connectivity index (χ4v) is 3.33. The summed E-state index contributed by atoms with van der Waals surface area (Å²) in [6, 6.07) is 9.89. The zero-order valence-electron chi connectivity index (χ0n) is 14.0. The van der Waals surface area contributed by atoms with Crippen LogP contribution in [-0.4, -0.2) is 22.3 Å². The van der Waals surface area contributed by atoms with E-state index in [9.17, 15) is 4.79 Å². The zero-order valence-corrected chi connectivity index (χ0v) is 14.0. The van der Waals surface area contributed by atoms with Crippen LogP contribution >= 0.6 is 0 Å². The molecule has 0 fully saturated rings. The lowest BCUT2D eigenvalue weighted by atomic mass is 10.0. The summed E-state index contributed by atoms with van der Waals surface area (Å²) in [5.41, 5.74) is 4.41. The van der Waals surface area contributed by atoms with Crippen LogP contribution in [0.25, 0.3) is 27.3 Å². The van der Waals surface area contributed by atoms with Crippen LogP contribution in [0.1, 0.15) is 29.3 Å². The number of carbonyl (C=O) groups is 1. The highest BCUT2D eigenvalue weighted by atomic mass is 16.5. The van der Waals surface area contributed by atoms with Crippen molar-refractivity contribution >= 4 is 33.1 Å². The summed E-state index contributed by atoms with van der Waals surface area (Å²) in [5.74, 6) is 0.970. The molecular weight excluding hydrogens is 300 g/mol. The third-order valence-electron chi connectivity index (χ3n) is 4.53. The maximum absolute atomic E-state index is 12.2. The molecule has 4 aromatic rings. The number of carbonyl (C=O) groups excluding carboxylic acids is 1. The highest BCUT2D eigenvalue weighted by molar-refractivity contribution is 6.08. The molecule has 120 valence electrons. The quantitative estimate of drug-likeness (QED) is 0.520. The summed E-state index contributed by atoms with van der Waals surface area (Å²) in [7, 11) is 1.68. The number of aryl methyl sites for hydroxylation is 1. The van der Waals surface area contributed by atoms with E-state index in [1.807, 2.05) is 61.0 Å². The van der Waals surface area contributed by atoms with Crippen LogP contribution in [-0.2, 0) is 0 Å². The van der Waals surface area contributed by atoms with Crippen molar-refractivity contribution in [2.45, 2.75) is 20.3 Å². The summed E-state index contributed by atoms with van der Waals surface area (Å²) in [6.45, 7) is 3.85. The van der Waals surface area contributed by atoms with Crippen LogP contribution in [0.15, 0.2) is 42.7 Å². The molecular formula is C20H18N2O2. The van der Waals surface area contributed by atoms with E-state index in [0.29, 0.717) is 6.42 Å². The lowest BCUT2D eigenvalue weighted by Gasteiger charge is -2.07. The van der Waals surface area contributed by atoms with Crippen LogP contribution in [0.5, 0.6) is 5.75 Å². The van der Waals surface area contributed by atoms with Crippen LogP contribution in [0.3, 0.4) is 0 Å². The Kier molecular flexibility index (Phi) is 3.27. The molecule has 0 radical (unpaired) electrons. The molecule has 0 saturated heterocycles. The van der Waals surface area contributed by atoms with Crippen molar-refractivity contribution in [1.82, 2.24) is 9.38 Å². The Morgan fingerprint density at radius 2 is 2.00 bits per heavy atom. The fourth-order valence-electron chi connectivity index (χ4n) is 3.33. The number of rotatable bonds is 3. The number of Topliss-reactive ketones (excluding diaryl/α,β-unsaturated/α-hetero) is 1. The van der Waals surface area contributed by atoms with E-state index < -0.39 is 0 Å². The van der Waals surface area contributed by atoms with Gasteiger partial charge in [-0.25, -0.2) is 4.98 Å². The highest BCUT2D eigenvalue weighted by Crippen LogP contribution is 2.35. The Morgan fingerprint density at radius 1 is 1.21 bits per heavy atom. The maximum atomic E-state index is 12.2. The summed E-state index contributed by atoms with van der Waals surface area (Å²) in [6.07, 6.45) is 4.51. The van der Waals surface area contributed by atoms with Gasteiger partial charge in [0.1, 0.15) is 11.3 Å². The number of ether oxygens (including phenoxy) is 1. The van der Waals surface area contributed by atoms with Gasteiger partial charge in [0.05, 0.1) is 23.5 Å². The first kappa shape index (κ1) is 14.7. The van der Waals surface area contributed by atoms with Gasteiger partial charge in [-0.2, -0.15) is 0 Å². The summed E-state index contributed by atoms with van der Waals surface area (Å²) in [5, 5.41) is 1.95. The van der Waals surface area contributed by atoms with Crippen LogP contribution in [0.4, 0.5) is 0 Å². The molecule has 0 amide bonds. The molecule has 0 bridgehead atoms. The lowest BCUT2D eigenvalue weighted by molar-refractivity contribution is 0.0987. The van der Waals surface area contributed by atoms with Gasteiger partial charge in [0, 0.05) is 29.8 Å². The van der Waals surface area contributed by atoms with Gasteiger partial charge in [-0.05, 0) is 30.7 Å². The Balaban J connectivity index is 2.17. The Hall–Kier alpha value is -2.88. The molecule has 24 heavy (non-hydrogen) atoms. The molecule has 4 rings (SSSR count). The second-order valence-electron chi connectivity index (χ2n) is 5.99. The average molecular weight is 318 g/mol. The second kappa shape index (κ2) is 5.34. The monoisotopic (exact) mass is 318 g/mol. The van der Waals surface area contributed by atoms with Gasteiger partial charge in [-0.15, -0.1) is 0 Å². The number of para-hydroxylation sites is 1. The van der Waals surface area contributed by atoms with Crippen molar-refractivity contribution < 1.29 is 9.53 Å². The SMILES string of the molecule is CCC(=O)c1cc2c3nc4ccccc4c(OC)c3cn2cc1C. The molecule has 0 saturated carbocycles. The minimum Gasteiger partial charge on any atom is -0.495 e. The Bertz CT molecular complexity index is 1110. The van der Waals surface area contributed by atoms with Crippen LogP contribution in [0, 0.1) is 6.92 Å². The summed E-state index contributed by atoms with van der Waals surface area (Å²) < 4.78 is 7.71. The van der Waals surface area contributed by atoms with E-state index in [1.165, 1.54) is 0 Å². The van der Waals surface area contributed by atoms with Gasteiger partial charge < -0.3 is 9.14 Å². The number of aromatic nitrogens is 2. The number of hydrogen-bond acceptors (Lipinski definition) is 3. The molecule has 1 aromatic carbocycles. The minimum absolute atomic E-state index is 0.150. The molecule has 0 spiro atoms. The molecule has 0 aliphatic rings. The van der Waals surface area contributed by atoms with Gasteiger partial charge in [-0.3, -0.25) is 4.79 Å². The van der Waals surface area contributed by atoms with E-state index in [4.69, 9.17) is 9.72 Å². The molecule has 3 aromatic heterocycles. The number of nitrogens with zero attached hydrogens (tertiary/aromatic N) is 2. The van der Waals surface area contributed by atoms with Crippen molar-refractivity contribution in [1.29, 1.82) is 0 Å². The summed E-state index contributed by atoms with van der Waals surface area (Å²) in [4.78, 5) is 17.0. The molecule has 0 N–H and O–H groups in total. The van der Waals surface area contributed by atoms with E-state index in [1.54, 1.807) is 7.11 Å². The predicted molar refractivity (Wildman–Crippen MR) is 96.1 cm³/mol. The van der Waals surface area contributed by atoms with Crippen molar-refractivity contribution in [3.63, 3.8) is 0 Å². The van der Waals surface area contributed by atoms with Crippen molar-refractivity contribution in [3.8, 4) is 5.75 Å². The number of hydrogen-bond donors (Lipinski definition) is 0. The number of fused-ring (bicyclic) bond motifs is 4. The lowest BCUT2D eigenvalue weighted by Crippen LogP contribution is -2.01. The van der Waals surface area contributed by atoms with Crippen LogP contribution in [0.2, 0.25) is 0 Å². The third kappa shape index (κ3) is 1.99. The Morgan fingerprint density at radius 3 is 2.75 bits per heavy atom. The first-order valence-electron chi connectivity index (χ1n) is 8.05. The van der Waals surface area contributed by atoms with Gasteiger partial charge in [-0.1, -0.05) is 19.1 Å². The van der Waals surface area contributed by atoms with E-state index >= 15 is 0 Å². The number of pyridine rings is 2. The Labute approximate surface area is 139 Å². The van der Waals surface area contributed by atoms with E-state index in [2.05, 4.69) is 0 Å². The largest absolute Gasteiger partial charge is 0.495 e. The molecule has 3 heterocycles. The molecule has 0 unspecified atom stereocenters. The molecule has 4 heteroatoms. The first-order chi connectivity index (χ1) is 11.6. The van der Waals surface area contributed by atoms with Crippen molar-refractivity contribution in [3.05, 3.63) is 53.9 Å². The molecule has 0 aliphatic carbocycles. The molecule has 0 aliphatic heterocycles.